The Labute approximate surface area is 144 Å². The lowest BCUT2D eigenvalue weighted by Gasteiger charge is -2.11. The summed E-state index contributed by atoms with van der Waals surface area (Å²) in [6, 6.07) is 17.2. The van der Waals surface area contributed by atoms with Crippen LogP contribution in [0.4, 0.5) is 5.69 Å². The molecule has 0 saturated carbocycles. The molecule has 0 atom stereocenters. The van der Waals surface area contributed by atoms with Crippen LogP contribution < -0.4 is 14.2 Å². The van der Waals surface area contributed by atoms with Crippen LogP contribution in [0.2, 0.25) is 0 Å². The van der Waals surface area contributed by atoms with Crippen LogP contribution in [-0.4, -0.2) is 15.5 Å². The Kier molecular flexibility index (Phi) is 4.73. The first kappa shape index (κ1) is 16.4. The number of para-hydroxylation sites is 2. The number of methoxy groups -OCH3 is 1. The summed E-state index contributed by atoms with van der Waals surface area (Å²) in [5.74, 6) is 1.80. The molecule has 0 aliphatic heterocycles. The quantitative estimate of drug-likeness (QED) is 0.709. The Morgan fingerprint density at radius 3 is 2.25 bits per heavy atom. The van der Waals surface area contributed by atoms with Gasteiger partial charge in [0.05, 0.1) is 7.11 Å². The summed E-state index contributed by atoms with van der Waals surface area (Å²) in [6.45, 7) is 0. The van der Waals surface area contributed by atoms with E-state index in [1.54, 1.807) is 61.0 Å². The summed E-state index contributed by atoms with van der Waals surface area (Å²) >= 11 is 1.17. The first-order valence-corrected chi connectivity index (χ1v) is 9.42. The van der Waals surface area contributed by atoms with E-state index < -0.39 is 10.0 Å². The fraction of sp³-hybridized carbons (Fsp3) is 0.0588. The molecule has 2 aromatic carbocycles. The van der Waals surface area contributed by atoms with E-state index in [1.807, 2.05) is 12.1 Å². The van der Waals surface area contributed by atoms with Gasteiger partial charge in [0.15, 0.2) is 11.5 Å². The predicted octanol–water partition coefficient (Wildman–Crippen LogP) is 4.35. The van der Waals surface area contributed by atoms with Crippen LogP contribution in [0.1, 0.15) is 0 Å². The Bertz CT molecular complexity index is 904. The van der Waals surface area contributed by atoms with Crippen molar-refractivity contribution in [1.82, 2.24) is 0 Å². The molecule has 0 unspecified atom stereocenters. The Morgan fingerprint density at radius 2 is 1.62 bits per heavy atom. The molecule has 5 nitrogen and oxygen atoms in total. The van der Waals surface area contributed by atoms with Crippen molar-refractivity contribution in [3.05, 3.63) is 66.0 Å². The molecule has 0 radical (unpaired) electrons. The zero-order valence-electron chi connectivity index (χ0n) is 12.8. The predicted molar refractivity (Wildman–Crippen MR) is 94.6 cm³/mol. The molecule has 0 saturated heterocycles. The molecule has 24 heavy (non-hydrogen) atoms. The number of nitrogens with one attached hydrogen (secondary N) is 1. The number of anilines is 1. The van der Waals surface area contributed by atoms with Crippen LogP contribution in [-0.2, 0) is 10.0 Å². The van der Waals surface area contributed by atoms with Gasteiger partial charge in [-0.1, -0.05) is 18.2 Å². The number of ether oxygens (including phenoxy) is 2. The average molecular weight is 361 g/mol. The standard InChI is InChI=1S/C17H15NO4S2/c1-21-15-5-2-3-6-16(15)22-14-10-8-13(9-11-14)18-24(19,20)17-7-4-12-23-17/h2-12,18H,1H3. The normalized spacial score (nSPS) is 11.0. The van der Waals surface area contributed by atoms with Crippen LogP contribution in [0.5, 0.6) is 17.2 Å². The third-order valence-corrected chi connectivity index (χ3v) is 5.94. The largest absolute Gasteiger partial charge is 0.493 e. The summed E-state index contributed by atoms with van der Waals surface area (Å²) in [5, 5.41) is 1.72. The maximum Gasteiger partial charge on any atom is 0.271 e. The van der Waals surface area contributed by atoms with Gasteiger partial charge in [-0.05, 0) is 47.8 Å². The van der Waals surface area contributed by atoms with E-state index in [9.17, 15) is 8.42 Å². The minimum atomic E-state index is -3.54. The lowest BCUT2D eigenvalue weighted by atomic mass is 10.3. The topological polar surface area (TPSA) is 64.6 Å². The number of hydrogen-bond donors (Lipinski definition) is 1. The van der Waals surface area contributed by atoms with Gasteiger partial charge in [0.1, 0.15) is 9.96 Å². The molecule has 0 spiro atoms. The molecular formula is C17H15NO4S2. The van der Waals surface area contributed by atoms with Crippen molar-refractivity contribution >= 4 is 27.0 Å². The lowest BCUT2D eigenvalue weighted by molar-refractivity contribution is 0.379. The molecule has 124 valence electrons. The van der Waals surface area contributed by atoms with Crippen molar-refractivity contribution in [1.29, 1.82) is 0 Å². The molecule has 0 fully saturated rings. The first-order chi connectivity index (χ1) is 11.6. The van der Waals surface area contributed by atoms with E-state index in [-0.39, 0.29) is 4.21 Å². The maximum absolute atomic E-state index is 12.2. The van der Waals surface area contributed by atoms with E-state index in [0.717, 1.165) is 0 Å². The Hall–Kier alpha value is -2.51. The molecule has 3 rings (SSSR count). The second-order valence-electron chi connectivity index (χ2n) is 4.81. The monoisotopic (exact) mass is 361 g/mol. The molecule has 0 aliphatic carbocycles. The van der Waals surface area contributed by atoms with Crippen LogP contribution in [0.15, 0.2) is 70.3 Å². The van der Waals surface area contributed by atoms with E-state index >= 15 is 0 Å². The summed E-state index contributed by atoms with van der Waals surface area (Å²) in [4.78, 5) is 0. The van der Waals surface area contributed by atoms with Gasteiger partial charge in [-0.15, -0.1) is 11.3 Å². The van der Waals surface area contributed by atoms with Gasteiger partial charge in [0.25, 0.3) is 10.0 Å². The Balaban J connectivity index is 1.74. The van der Waals surface area contributed by atoms with Crippen molar-refractivity contribution in [2.75, 3.05) is 11.8 Å². The van der Waals surface area contributed by atoms with Gasteiger partial charge in [-0.2, -0.15) is 0 Å². The molecule has 1 N–H and O–H groups in total. The van der Waals surface area contributed by atoms with Crippen molar-refractivity contribution in [2.24, 2.45) is 0 Å². The number of sulfonamides is 1. The summed E-state index contributed by atoms with van der Waals surface area (Å²) in [6.07, 6.45) is 0. The maximum atomic E-state index is 12.2. The highest BCUT2D eigenvalue weighted by Gasteiger charge is 2.15. The molecular weight excluding hydrogens is 346 g/mol. The van der Waals surface area contributed by atoms with Crippen molar-refractivity contribution in [2.45, 2.75) is 4.21 Å². The molecule has 0 aliphatic rings. The van der Waals surface area contributed by atoms with Gasteiger partial charge in [-0.25, -0.2) is 8.42 Å². The number of benzene rings is 2. The summed E-state index contributed by atoms with van der Waals surface area (Å²) < 4.78 is 38.1. The van der Waals surface area contributed by atoms with Gasteiger partial charge < -0.3 is 9.47 Å². The van der Waals surface area contributed by atoms with E-state index in [2.05, 4.69) is 4.72 Å². The number of rotatable bonds is 6. The second kappa shape index (κ2) is 6.94. The van der Waals surface area contributed by atoms with Gasteiger partial charge in [-0.3, -0.25) is 4.72 Å². The first-order valence-electron chi connectivity index (χ1n) is 7.06. The van der Waals surface area contributed by atoms with Crippen LogP contribution in [0.3, 0.4) is 0 Å². The van der Waals surface area contributed by atoms with Gasteiger partial charge >= 0.3 is 0 Å². The number of hydrogen-bond acceptors (Lipinski definition) is 5. The van der Waals surface area contributed by atoms with E-state index in [0.29, 0.717) is 22.9 Å². The minimum absolute atomic E-state index is 0.275. The smallest absolute Gasteiger partial charge is 0.271 e. The highest BCUT2D eigenvalue weighted by Crippen LogP contribution is 2.31. The van der Waals surface area contributed by atoms with E-state index in [4.69, 9.17) is 9.47 Å². The third kappa shape index (κ3) is 3.69. The van der Waals surface area contributed by atoms with Crippen LogP contribution in [0, 0.1) is 0 Å². The zero-order chi connectivity index (χ0) is 17.0. The van der Waals surface area contributed by atoms with Gasteiger partial charge in [0, 0.05) is 5.69 Å². The van der Waals surface area contributed by atoms with Crippen molar-refractivity contribution in [3.8, 4) is 17.2 Å². The zero-order valence-corrected chi connectivity index (χ0v) is 14.4. The van der Waals surface area contributed by atoms with E-state index in [1.165, 1.54) is 11.3 Å². The molecule has 0 amide bonds. The molecule has 0 bridgehead atoms. The average Bonchev–Trinajstić information content (AvgIpc) is 3.12. The van der Waals surface area contributed by atoms with Crippen LogP contribution in [0.25, 0.3) is 0 Å². The molecule has 7 heteroatoms. The molecule has 1 aromatic heterocycles. The van der Waals surface area contributed by atoms with Gasteiger partial charge in [0.2, 0.25) is 0 Å². The fourth-order valence-electron chi connectivity index (χ4n) is 2.04. The minimum Gasteiger partial charge on any atom is -0.493 e. The van der Waals surface area contributed by atoms with Crippen molar-refractivity contribution in [3.63, 3.8) is 0 Å². The SMILES string of the molecule is COc1ccccc1Oc1ccc(NS(=O)(=O)c2cccs2)cc1. The molecule has 3 aromatic rings. The van der Waals surface area contributed by atoms with Crippen LogP contribution >= 0.6 is 11.3 Å². The lowest BCUT2D eigenvalue weighted by Crippen LogP contribution is -2.11. The molecule has 1 heterocycles. The Morgan fingerprint density at radius 1 is 0.917 bits per heavy atom. The number of thiophene rings is 1. The summed E-state index contributed by atoms with van der Waals surface area (Å²) in [7, 11) is -1.97. The van der Waals surface area contributed by atoms with Crippen molar-refractivity contribution < 1.29 is 17.9 Å². The highest BCUT2D eigenvalue weighted by atomic mass is 32.2. The summed E-state index contributed by atoms with van der Waals surface area (Å²) in [5.41, 5.74) is 0.468. The third-order valence-electron chi connectivity index (χ3n) is 3.16. The second-order valence-corrected chi connectivity index (χ2v) is 7.67. The fourth-order valence-corrected chi connectivity index (χ4v) is 4.09. The highest BCUT2D eigenvalue weighted by molar-refractivity contribution is 7.94.